The molecule has 0 saturated heterocycles. The summed E-state index contributed by atoms with van der Waals surface area (Å²) in [7, 11) is -3.65. The fourth-order valence-electron chi connectivity index (χ4n) is 2.07. The lowest BCUT2D eigenvalue weighted by atomic mass is 10.2. The van der Waals surface area contributed by atoms with Gasteiger partial charge in [-0.15, -0.1) is 0 Å². The Labute approximate surface area is 128 Å². The molecule has 0 radical (unpaired) electrons. The minimum Gasteiger partial charge on any atom is -0.315 e. The molecular weight excluding hydrogens is 308 g/mol. The molecule has 1 aromatic carbocycles. The van der Waals surface area contributed by atoms with Gasteiger partial charge in [0.25, 0.3) is 10.0 Å². The highest BCUT2D eigenvalue weighted by Crippen LogP contribution is 2.23. The molecule has 0 amide bonds. The second-order valence-electron chi connectivity index (χ2n) is 4.75. The van der Waals surface area contributed by atoms with Gasteiger partial charge in [0.05, 0.1) is 0 Å². The van der Waals surface area contributed by atoms with Gasteiger partial charge in [0.1, 0.15) is 0 Å². The van der Waals surface area contributed by atoms with Gasteiger partial charge >= 0.3 is 4.87 Å². The number of nitrogens with one attached hydrogen (secondary N) is 1. The summed E-state index contributed by atoms with van der Waals surface area (Å²) in [5.41, 5.74) is 1.33. The van der Waals surface area contributed by atoms with Crippen molar-refractivity contribution in [3.05, 3.63) is 51.3 Å². The first kappa shape index (κ1) is 15.9. The Bertz CT molecular complexity index is 748. The zero-order valence-electron chi connectivity index (χ0n) is 12.0. The van der Waals surface area contributed by atoms with Gasteiger partial charge in [-0.05, 0) is 18.9 Å². The number of aryl methyl sites for hydroxylation is 1. The number of aromatic nitrogens is 1. The minimum atomic E-state index is -3.65. The van der Waals surface area contributed by atoms with E-state index in [9.17, 15) is 13.2 Å². The Morgan fingerprint density at radius 1 is 1.24 bits per heavy atom. The average molecular weight is 326 g/mol. The average Bonchev–Trinajstić information content (AvgIpc) is 2.79. The van der Waals surface area contributed by atoms with Crippen LogP contribution in [0.5, 0.6) is 0 Å². The number of hydrogen-bond acceptors (Lipinski definition) is 4. The van der Waals surface area contributed by atoms with Crippen molar-refractivity contribution in [2.75, 3.05) is 6.54 Å². The number of sulfonamides is 1. The van der Waals surface area contributed by atoms with Crippen molar-refractivity contribution >= 4 is 21.4 Å². The smallest absolute Gasteiger partial charge is 0.305 e. The van der Waals surface area contributed by atoms with Crippen molar-refractivity contribution in [2.45, 2.75) is 31.0 Å². The van der Waals surface area contributed by atoms with Crippen molar-refractivity contribution in [3.63, 3.8) is 0 Å². The fourth-order valence-corrected chi connectivity index (χ4v) is 5.03. The lowest BCUT2D eigenvalue weighted by Gasteiger charge is -2.21. The van der Waals surface area contributed by atoms with Gasteiger partial charge in [-0.3, -0.25) is 4.79 Å². The Balaban J connectivity index is 2.37. The largest absolute Gasteiger partial charge is 0.315 e. The number of aromatic amines is 1. The normalized spacial score (nSPS) is 12.0. The first-order valence-corrected chi connectivity index (χ1v) is 8.94. The molecule has 0 spiro atoms. The van der Waals surface area contributed by atoms with Crippen molar-refractivity contribution < 1.29 is 8.42 Å². The summed E-state index contributed by atoms with van der Waals surface area (Å²) in [5.74, 6) is 0. The molecule has 0 saturated carbocycles. The summed E-state index contributed by atoms with van der Waals surface area (Å²) < 4.78 is 27.0. The maximum Gasteiger partial charge on any atom is 0.305 e. The van der Waals surface area contributed by atoms with Crippen LogP contribution < -0.4 is 4.87 Å². The topological polar surface area (TPSA) is 70.2 Å². The summed E-state index contributed by atoms with van der Waals surface area (Å²) in [6.45, 7) is 4.27. The minimum absolute atomic E-state index is 0.108. The molecule has 5 nitrogen and oxygen atoms in total. The molecule has 0 aliphatic rings. The van der Waals surface area contributed by atoms with Crippen LogP contribution in [0.2, 0.25) is 0 Å². The van der Waals surface area contributed by atoms with Crippen LogP contribution in [0.25, 0.3) is 0 Å². The van der Waals surface area contributed by atoms with Crippen LogP contribution in [0.4, 0.5) is 0 Å². The van der Waals surface area contributed by atoms with Gasteiger partial charge < -0.3 is 4.98 Å². The standard InChI is InChI=1S/C14H18N2O3S2/c1-3-9-16(10-12-7-5-4-6-8-12)21(18,19)13-11(2)15-14(17)20-13/h4-8H,3,9-10H2,1-2H3,(H,15,17). The molecule has 0 aliphatic heterocycles. The van der Waals surface area contributed by atoms with Gasteiger partial charge in [0, 0.05) is 18.8 Å². The van der Waals surface area contributed by atoms with E-state index >= 15 is 0 Å². The highest BCUT2D eigenvalue weighted by atomic mass is 32.2. The van der Waals surface area contributed by atoms with Crippen LogP contribution in [-0.2, 0) is 16.6 Å². The molecular formula is C14H18N2O3S2. The van der Waals surface area contributed by atoms with E-state index in [1.807, 2.05) is 37.3 Å². The van der Waals surface area contributed by atoms with Crippen molar-refractivity contribution in [1.29, 1.82) is 0 Å². The number of benzene rings is 1. The van der Waals surface area contributed by atoms with Crippen LogP contribution in [0.3, 0.4) is 0 Å². The molecule has 0 atom stereocenters. The molecule has 1 heterocycles. The van der Waals surface area contributed by atoms with Crippen LogP contribution in [0.1, 0.15) is 24.6 Å². The van der Waals surface area contributed by atoms with E-state index in [2.05, 4.69) is 4.98 Å². The van der Waals surface area contributed by atoms with E-state index in [0.717, 1.165) is 16.9 Å². The van der Waals surface area contributed by atoms with Crippen molar-refractivity contribution in [2.24, 2.45) is 0 Å². The first-order chi connectivity index (χ1) is 9.95. The summed E-state index contributed by atoms with van der Waals surface area (Å²) in [5, 5.41) is 0. The summed E-state index contributed by atoms with van der Waals surface area (Å²) in [6.07, 6.45) is 0.713. The summed E-state index contributed by atoms with van der Waals surface area (Å²) in [6, 6.07) is 9.44. The molecule has 0 fully saturated rings. The van der Waals surface area contributed by atoms with Gasteiger partial charge in [-0.25, -0.2) is 8.42 Å². The van der Waals surface area contributed by atoms with Crippen LogP contribution >= 0.6 is 11.3 Å². The van der Waals surface area contributed by atoms with Crippen LogP contribution in [0.15, 0.2) is 39.3 Å². The Hall–Kier alpha value is -1.44. The molecule has 0 bridgehead atoms. The molecule has 2 rings (SSSR count). The number of thiazole rings is 1. The molecule has 2 aromatic rings. The van der Waals surface area contributed by atoms with Gasteiger partial charge in [-0.1, -0.05) is 48.6 Å². The number of nitrogens with zero attached hydrogens (tertiary/aromatic N) is 1. The second-order valence-corrected chi connectivity index (χ2v) is 7.87. The zero-order chi connectivity index (χ0) is 15.5. The van der Waals surface area contributed by atoms with E-state index in [-0.39, 0.29) is 9.08 Å². The maximum absolute atomic E-state index is 12.7. The molecule has 7 heteroatoms. The SMILES string of the molecule is CCCN(Cc1ccccc1)S(=O)(=O)c1sc(=O)[nH]c1C. The van der Waals surface area contributed by atoms with Crippen molar-refractivity contribution in [3.8, 4) is 0 Å². The Morgan fingerprint density at radius 2 is 1.90 bits per heavy atom. The molecule has 21 heavy (non-hydrogen) atoms. The van der Waals surface area contributed by atoms with Gasteiger partial charge in [0.2, 0.25) is 0 Å². The van der Waals surface area contributed by atoms with Gasteiger partial charge in [-0.2, -0.15) is 4.31 Å². The lowest BCUT2D eigenvalue weighted by Crippen LogP contribution is -2.31. The maximum atomic E-state index is 12.7. The molecule has 0 aliphatic carbocycles. The van der Waals surface area contributed by atoms with Gasteiger partial charge in [0.15, 0.2) is 4.21 Å². The lowest BCUT2D eigenvalue weighted by molar-refractivity contribution is 0.406. The molecule has 114 valence electrons. The summed E-state index contributed by atoms with van der Waals surface area (Å²) >= 11 is 0.745. The highest BCUT2D eigenvalue weighted by molar-refractivity contribution is 7.91. The number of rotatable bonds is 6. The summed E-state index contributed by atoms with van der Waals surface area (Å²) in [4.78, 5) is 13.6. The van der Waals surface area contributed by atoms with Crippen LogP contribution in [-0.4, -0.2) is 24.3 Å². The fraction of sp³-hybridized carbons (Fsp3) is 0.357. The third-order valence-electron chi connectivity index (χ3n) is 3.03. The predicted octanol–water partition coefficient (Wildman–Crippen LogP) is 2.35. The quantitative estimate of drug-likeness (QED) is 0.886. The van der Waals surface area contributed by atoms with E-state index in [4.69, 9.17) is 0 Å². The van der Waals surface area contributed by atoms with E-state index in [1.165, 1.54) is 4.31 Å². The third kappa shape index (κ3) is 3.61. The van der Waals surface area contributed by atoms with E-state index < -0.39 is 10.0 Å². The van der Waals surface area contributed by atoms with E-state index in [0.29, 0.717) is 25.2 Å². The molecule has 0 unspecified atom stereocenters. The Morgan fingerprint density at radius 3 is 2.43 bits per heavy atom. The number of H-pyrrole nitrogens is 1. The molecule has 1 N–H and O–H groups in total. The monoisotopic (exact) mass is 326 g/mol. The second kappa shape index (κ2) is 6.55. The van der Waals surface area contributed by atoms with E-state index in [1.54, 1.807) is 6.92 Å². The van der Waals surface area contributed by atoms with Crippen LogP contribution in [0, 0.1) is 6.92 Å². The number of hydrogen-bond donors (Lipinski definition) is 1. The molecule has 1 aromatic heterocycles. The first-order valence-electron chi connectivity index (χ1n) is 6.69. The zero-order valence-corrected chi connectivity index (χ0v) is 13.6. The van der Waals surface area contributed by atoms with Crippen molar-refractivity contribution in [1.82, 2.24) is 9.29 Å². The highest BCUT2D eigenvalue weighted by Gasteiger charge is 2.28. The Kier molecular flexibility index (Phi) is 4.97. The third-order valence-corrected chi connectivity index (χ3v) is 6.46. The predicted molar refractivity (Wildman–Crippen MR) is 84.0 cm³/mol.